The number of aryl methyl sites for hydroxylation is 1. The summed E-state index contributed by atoms with van der Waals surface area (Å²) in [5, 5.41) is 14.8. The topological polar surface area (TPSA) is 113 Å². The van der Waals surface area contributed by atoms with E-state index in [1.54, 1.807) is 24.0 Å². The van der Waals surface area contributed by atoms with Crippen molar-refractivity contribution >= 4 is 10.0 Å². The van der Waals surface area contributed by atoms with Crippen molar-refractivity contribution in [2.75, 3.05) is 0 Å². The van der Waals surface area contributed by atoms with Crippen molar-refractivity contribution < 1.29 is 13.5 Å². The standard InChI is InChI=1S/C9H13N5O3S/c1-14-3-2-10-8(14)5-12-18(16,17)9-7(6-15)4-11-13-9/h2-4,12,15H,5-6H2,1H3,(H,11,13). The Balaban J connectivity index is 2.16. The van der Waals surface area contributed by atoms with E-state index in [1.807, 2.05) is 0 Å². The van der Waals surface area contributed by atoms with Crippen LogP contribution in [-0.4, -0.2) is 33.3 Å². The maximum Gasteiger partial charge on any atom is 0.258 e. The quantitative estimate of drug-likeness (QED) is 0.653. The Kier molecular flexibility index (Phi) is 3.45. The van der Waals surface area contributed by atoms with E-state index in [4.69, 9.17) is 5.11 Å². The van der Waals surface area contributed by atoms with Crippen molar-refractivity contribution in [1.82, 2.24) is 24.5 Å². The number of hydrogen-bond donors (Lipinski definition) is 3. The van der Waals surface area contributed by atoms with Crippen LogP contribution in [0.1, 0.15) is 11.4 Å². The van der Waals surface area contributed by atoms with Crippen molar-refractivity contribution in [2.24, 2.45) is 7.05 Å². The summed E-state index contributed by atoms with van der Waals surface area (Å²) in [4.78, 5) is 4.00. The molecule has 2 aromatic rings. The second-order valence-electron chi connectivity index (χ2n) is 3.66. The summed E-state index contributed by atoms with van der Waals surface area (Å²) in [6.45, 7) is -0.329. The van der Waals surface area contributed by atoms with Crippen LogP contribution < -0.4 is 4.72 Å². The Morgan fingerprint density at radius 3 is 2.94 bits per heavy atom. The predicted octanol–water partition coefficient (Wildman–Crippen LogP) is -0.886. The van der Waals surface area contributed by atoms with Crippen LogP contribution in [0.3, 0.4) is 0 Å². The number of rotatable bonds is 5. The molecule has 0 spiro atoms. The highest BCUT2D eigenvalue weighted by molar-refractivity contribution is 7.89. The minimum Gasteiger partial charge on any atom is -0.392 e. The SMILES string of the molecule is Cn1ccnc1CNS(=O)(=O)c1[nH]ncc1CO. The van der Waals surface area contributed by atoms with Crippen LogP contribution in [0.25, 0.3) is 0 Å². The van der Waals surface area contributed by atoms with E-state index in [2.05, 4.69) is 19.9 Å². The van der Waals surface area contributed by atoms with Crippen LogP contribution in [-0.2, 0) is 30.2 Å². The first-order valence-corrected chi connectivity index (χ1v) is 6.62. The second kappa shape index (κ2) is 4.88. The molecule has 0 aromatic carbocycles. The first-order valence-electron chi connectivity index (χ1n) is 5.13. The van der Waals surface area contributed by atoms with Crippen molar-refractivity contribution in [3.8, 4) is 0 Å². The van der Waals surface area contributed by atoms with Gasteiger partial charge in [-0.15, -0.1) is 0 Å². The summed E-state index contributed by atoms with van der Waals surface area (Å²) in [7, 11) is -1.96. The lowest BCUT2D eigenvalue weighted by atomic mass is 10.4. The van der Waals surface area contributed by atoms with E-state index in [1.165, 1.54) is 6.20 Å². The molecule has 0 unspecified atom stereocenters. The molecule has 0 aliphatic heterocycles. The minimum atomic E-state index is -3.73. The van der Waals surface area contributed by atoms with Gasteiger partial charge in [0, 0.05) is 25.0 Å². The lowest BCUT2D eigenvalue weighted by molar-refractivity contribution is 0.278. The Labute approximate surface area is 104 Å². The molecule has 0 radical (unpaired) electrons. The molecule has 2 rings (SSSR count). The third-order valence-electron chi connectivity index (χ3n) is 2.46. The van der Waals surface area contributed by atoms with Gasteiger partial charge < -0.3 is 9.67 Å². The normalized spacial score (nSPS) is 11.9. The molecular formula is C9H13N5O3S. The van der Waals surface area contributed by atoms with E-state index in [9.17, 15) is 8.42 Å². The highest BCUT2D eigenvalue weighted by Crippen LogP contribution is 2.11. The van der Waals surface area contributed by atoms with E-state index in [-0.39, 0.29) is 17.1 Å². The molecule has 0 saturated heterocycles. The molecule has 0 amide bonds. The molecule has 0 aliphatic carbocycles. The summed E-state index contributed by atoms with van der Waals surface area (Å²) >= 11 is 0. The Bertz CT molecular complexity index is 630. The predicted molar refractivity (Wildman–Crippen MR) is 61.7 cm³/mol. The monoisotopic (exact) mass is 271 g/mol. The molecule has 0 bridgehead atoms. The largest absolute Gasteiger partial charge is 0.392 e. The Morgan fingerprint density at radius 2 is 2.33 bits per heavy atom. The molecule has 3 N–H and O–H groups in total. The zero-order valence-corrected chi connectivity index (χ0v) is 10.5. The van der Waals surface area contributed by atoms with E-state index in [0.29, 0.717) is 5.82 Å². The van der Waals surface area contributed by atoms with Crippen molar-refractivity contribution in [2.45, 2.75) is 18.2 Å². The summed E-state index contributed by atoms with van der Waals surface area (Å²) in [5.74, 6) is 0.587. The molecule has 98 valence electrons. The number of imidazole rings is 1. The van der Waals surface area contributed by atoms with Crippen LogP contribution in [0.2, 0.25) is 0 Å². The van der Waals surface area contributed by atoms with Gasteiger partial charge in [0.05, 0.1) is 19.3 Å². The van der Waals surface area contributed by atoms with Gasteiger partial charge in [0.2, 0.25) is 0 Å². The van der Waals surface area contributed by atoms with Gasteiger partial charge in [0.1, 0.15) is 5.82 Å². The van der Waals surface area contributed by atoms with Gasteiger partial charge in [0.15, 0.2) is 5.03 Å². The summed E-state index contributed by atoms with van der Waals surface area (Å²) in [5.41, 5.74) is 0.224. The smallest absolute Gasteiger partial charge is 0.258 e. The fourth-order valence-electron chi connectivity index (χ4n) is 1.44. The number of aromatic nitrogens is 4. The highest BCUT2D eigenvalue weighted by Gasteiger charge is 2.20. The number of hydrogen-bond acceptors (Lipinski definition) is 5. The summed E-state index contributed by atoms with van der Waals surface area (Å²) in [6.07, 6.45) is 4.58. The molecule has 0 saturated carbocycles. The molecule has 0 aliphatic rings. The third-order valence-corrected chi connectivity index (χ3v) is 3.87. The second-order valence-corrected chi connectivity index (χ2v) is 5.37. The van der Waals surface area contributed by atoms with Crippen molar-refractivity contribution in [3.63, 3.8) is 0 Å². The van der Waals surface area contributed by atoms with E-state index in [0.717, 1.165) is 0 Å². The number of sulfonamides is 1. The average Bonchev–Trinajstić information content (AvgIpc) is 2.95. The Morgan fingerprint density at radius 1 is 1.56 bits per heavy atom. The first kappa shape index (κ1) is 12.7. The Hall–Kier alpha value is -1.71. The fraction of sp³-hybridized carbons (Fsp3) is 0.333. The number of aromatic amines is 1. The molecule has 8 nitrogen and oxygen atoms in total. The third kappa shape index (κ3) is 2.42. The molecular weight excluding hydrogens is 258 g/mol. The van der Waals surface area contributed by atoms with Gasteiger partial charge in [-0.05, 0) is 0 Å². The highest BCUT2D eigenvalue weighted by atomic mass is 32.2. The van der Waals surface area contributed by atoms with Gasteiger partial charge in [-0.1, -0.05) is 0 Å². The number of aliphatic hydroxyl groups is 1. The maximum atomic E-state index is 11.9. The lowest BCUT2D eigenvalue weighted by Gasteiger charge is -2.06. The summed E-state index contributed by atoms with van der Waals surface area (Å²) in [6, 6.07) is 0. The summed E-state index contributed by atoms with van der Waals surface area (Å²) < 4.78 is 28.0. The number of nitrogens with zero attached hydrogens (tertiary/aromatic N) is 3. The van der Waals surface area contributed by atoms with Crippen molar-refractivity contribution in [3.05, 3.63) is 30.0 Å². The number of nitrogens with one attached hydrogen (secondary N) is 2. The van der Waals surface area contributed by atoms with Crippen LogP contribution in [0, 0.1) is 0 Å². The molecule has 0 fully saturated rings. The van der Waals surface area contributed by atoms with Gasteiger partial charge in [-0.3, -0.25) is 5.10 Å². The van der Waals surface area contributed by atoms with E-state index >= 15 is 0 Å². The van der Waals surface area contributed by atoms with E-state index < -0.39 is 16.6 Å². The molecule has 0 atom stereocenters. The molecule has 2 heterocycles. The zero-order valence-electron chi connectivity index (χ0n) is 9.66. The number of aliphatic hydroxyl groups excluding tert-OH is 1. The van der Waals surface area contributed by atoms with Gasteiger partial charge in [0.25, 0.3) is 10.0 Å². The lowest BCUT2D eigenvalue weighted by Crippen LogP contribution is -2.26. The average molecular weight is 271 g/mol. The maximum absolute atomic E-state index is 11.9. The minimum absolute atomic E-state index is 0.0652. The fourth-order valence-corrected chi connectivity index (χ4v) is 2.54. The van der Waals surface area contributed by atoms with Crippen LogP contribution in [0.4, 0.5) is 0 Å². The van der Waals surface area contributed by atoms with Crippen LogP contribution >= 0.6 is 0 Å². The molecule has 9 heteroatoms. The molecule has 18 heavy (non-hydrogen) atoms. The zero-order chi connectivity index (χ0) is 13.2. The van der Waals surface area contributed by atoms with Gasteiger partial charge in [-0.2, -0.15) is 5.10 Å². The van der Waals surface area contributed by atoms with Crippen molar-refractivity contribution in [1.29, 1.82) is 0 Å². The van der Waals surface area contributed by atoms with Crippen LogP contribution in [0.15, 0.2) is 23.6 Å². The van der Waals surface area contributed by atoms with Crippen LogP contribution in [0.5, 0.6) is 0 Å². The van der Waals surface area contributed by atoms with Gasteiger partial charge in [-0.25, -0.2) is 18.1 Å². The molecule has 2 aromatic heterocycles. The van der Waals surface area contributed by atoms with Gasteiger partial charge >= 0.3 is 0 Å². The first-order chi connectivity index (χ1) is 8.54. The number of H-pyrrole nitrogens is 1.